The predicted octanol–water partition coefficient (Wildman–Crippen LogP) is 8.63. The number of unbranched alkanes of at least 4 members (excludes halogenated alkanes) is 15. The fraction of sp³-hybridized carbons (Fsp3) is 0.857. The Morgan fingerprint density at radius 3 is 1.62 bits per heavy atom. The molecular weight excluding hydrogens is 400 g/mol. The van der Waals surface area contributed by atoms with E-state index in [0.29, 0.717) is 13.0 Å². The molecule has 0 aromatic carbocycles. The summed E-state index contributed by atoms with van der Waals surface area (Å²) in [6.45, 7) is 4.59. The molecular formula is C28H52O4. The fourth-order valence-corrected chi connectivity index (χ4v) is 4.00. The van der Waals surface area contributed by atoms with Gasteiger partial charge in [-0.3, -0.25) is 9.59 Å². The zero-order chi connectivity index (χ0) is 23.7. The van der Waals surface area contributed by atoms with Gasteiger partial charge >= 0.3 is 11.9 Å². The number of rotatable bonds is 24. The number of aliphatic carboxylic acids is 1. The molecule has 0 rings (SSSR count). The second-order valence-electron chi connectivity index (χ2n) is 9.25. The highest BCUT2D eigenvalue weighted by Gasteiger charge is 2.22. The summed E-state index contributed by atoms with van der Waals surface area (Å²) >= 11 is 0. The number of carboxylic acid groups (broad SMARTS) is 1. The molecule has 4 nitrogen and oxygen atoms in total. The molecule has 0 saturated heterocycles. The molecule has 0 heterocycles. The van der Waals surface area contributed by atoms with Crippen molar-refractivity contribution in [3.63, 3.8) is 0 Å². The third-order valence-corrected chi connectivity index (χ3v) is 6.02. The molecule has 0 aromatic rings. The summed E-state index contributed by atoms with van der Waals surface area (Å²) in [6, 6.07) is 0. The van der Waals surface area contributed by atoms with E-state index in [1.807, 2.05) is 6.92 Å². The molecule has 188 valence electrons. The van der Waals surface area contributed by atoms with Crippen molar-refractivity contribution in [3.05, 3.63) is 12.2 Å². The van der Waals surface area contributed by atoms with E-state index >= 15 is 0 Å². The van der Waals surface area contributed by atoms with Crippen LogP contribution < -0.4 is 0 Å². The third kappa shape index (κ3) is 21.9. The first-order valence-corrected chi connectivity index (χ1v) is 13.6. The zero-order valence-corrected chi connectivity index (χ0v) is 21.3. The highest BCUT2D eigenvalue weighted by Crippen LogP contribution is 2.17. The molecule has 32 heavy (non-hydrogen) atoms. The van der Waals surface area contributed by atoms with E-state index in [9.17, 15) is 9.59 Å². The Bertz CT molecular complexity index is 458. The Hall–Kier alpha value is -1.32. The molecule has 0 fully saturated rings. The van der Waals surface area contributed by atoms with Crippen molar-refractivity contribution >= 4 is 11.9 Å². The van der Waals surface area contributed by atoms with Crippen LogP contribution in [0.1, 0.15) is 142 Å². The summed E-state index contributed by atoms with van der Waals surface area (Å²) in [6.07, 6.45) is 27.8. The second-order valence-corrected chi connectivity index (χ2v) is 9.25. The van der Waals surface area contributed by atoms with Crippen LogP contribution in [0.2, 0.25) is 0 Å². The minimum Gasteiger partial charge on any atom is -0.481 e. The van der Waals surface area contributed by atoms with Gasteiger partial charge < -0.3 is 9.84 Å². The van der Waals surface area contributed by atoms with E-state index < -0.39 is 11.9 Å². The van der Waals surface area contributed by atoms with Crippen molar-refractivity contribution in [3.8, 4) is 0 Å². The van der Waals surface area contributed by atoms with E-state index in [4.69, 9.17) is 9.84 Å². The normalized spacial score (nSPS) is 12.3. The van der Waals surface area contributed by atoms with Crippen molar-refractivity contribution in [2.45, 2.75) is 142 Å². The van der Waals surface area contributed by atoms with Crippen LogP contribution in [-0.2, 0) is 14.3 Å². The number of ether oxygens (including phenoxy) is 1. The summed E-state index contributed by atoms with van der Waals surface area (Å²) in [7, 11) is 0. The summed E-state index contributed by atoms with van der Waals surface area (Å²) in [5, 5.41) is 9.00. The molecule has 0 bridgehead atoms. The SMILES string of the molecule is CCCCCCCCCCCC/C=C/CCCCCCCC(CC(=O)O)C(=O)OCCC. The zero-order valence-electron chi connectivity index (χ0n) is 21.3. The fourth-order valence-electron chi connectivity index (χ4n) is 4.00. The van der Waals surface area contributed by atoms with Crippen molar-refractivity contribution in [2.75, 3.05) is 6.61 Å². The Kier molecular flexibility index (Phi) is 23.3. The van der Waals surface area contributed by atoms with Gasteiger partial charge in [-0.2, -0.15) is 0 Å². The quantitative estimate of drug-likeness (QED) is 0.0904. The Balaban J connectivity index is 3.50. The van der Waals surface area contributed by atoms with Crippen LogP contribution >= 0.6 is 0 Å². The lowest BCUT2D eigenvalue weighted by atomic mass is 9.97. The first-order valence-electron chi connectivity index (χ1n) is 13.6. The topological polar surface area (TPSA) is 63.6 Å². The smallest absolute Gasteiger partial charge is 0.309 e. The van der Waals surface area contributed by atoms with Crippen LogP contribution in [0.5, 0.6) is 0 Å². The van der Waals surface area contributed by atoms with E-state index in [0.717, 1.165) is 32.1 Å². The number of esters is 1. The van der Waals surface area contributed by atoms with Gasteiger partial charge in [-0.15, -0.1) is 0 Å². The van der Waals surface area contributed by atoms with Crippen LogP contribution in [0, 0.1) is 5.92 Å². The van der Waals surface area contributed by atoms with Gasteiger partial charge in [0.1, 0.15) is 0 Å². The maximum absolute atomic E-state index is 12.0. The van der Waals surface area contributed by atoms with Crippen molar-refractivity contribution in [2.24, 2.45) is 5.92 Å². The van der Waals surface area contributed by atoms with Crippen LogP contribution in [0.15, 0.2) is 12.2 Å². The Morgan fingerprint density at radius 1 is 0.688 bits per heavy atom. The minimum absolute atomic E-state index is 0.119. The number of carbonyl (C=O) groups is 2. The minimum atomic E-state index is -0.923. The molecule has 4 heteroatoms. The molecule has 0 spiro atoms. The van der Waals surface area contributed by atoms with Crippen LogP contribution in [0.4, 0.5) is 0 Å². The highest BCUT2D eigenvalue weighted by atomic mass is 16.5. The molecule has 0 aliphatic heterocycles. The lowest BCUT2D eigenvalue weighted by Gasteiger charge is -2.13. The number of allylic oxidation sites excluding steroid dienone is 2. The summed E-state index contributed by atoms with van der Waals surface area (Å²) in [5.74, 6) is -1.76. The Morgan fingerprint density at radius 2 is 1.16 bits per heavy atom. The van der Waals surface area contributed by atoms with Gasteiger partial charge in [-0.05, 0) is 38.5 Å². The van der Waals surface area contributed by atoms with Crippen molar-refractivity contribution < 1.29 is 19.4 Å². The first-order chi connectivity index (χ1) is 15.6. The molecule has 0 saturated carbocycles. The molecule has 1 N–H and O–H groups in total. The largest absolute Gasteiger partial charge is 0.481 e. The van der Waals surface area contributed by atoms with E-state index in [2.05, 4.69) is 19.1 Å². The van der Waals surface area contributed by atoms with Crippen molar-refractivity contribution in [1.82, 2.24) is 0 Å². The number of carbonyl (C=O) groups excluding carboxylic acids is 1. The van der Waals surface area contributed by atoms with E-state index in [1.165, 1.54) is 83.5 Å². The monoisotopic (exact) mass is 452 g/mol. The van der Waals surface area contributed by atoms with Gasteiger partial charge in [0, 0.05) is 0 Å². The van der Waals surface area contributed by atoms with E-state index in [1.54, 1.807) is 0 Å². The molecule has 0 amide bonds. The summed E-state index contributed by atoms with van der Waals surface area (Å²) < 4.78 is 5.14. The maximum atomic E-state index is 12.0. The van der Waals surface area contributed by atoms with E-state index in [-0.39, 0.29) is 12.4 Å². The number of hydrogen-bond acceptors (Lipinski definition) is 3. The maximum Gasteiger partial charge on any atom is 0.309 e. The molecule has 1 unspecified atom stereocenters. The van der Waals surface area contributed by atoms with Gasteiger partial charge in [0.05, 0.1) is 18.9 Å². The van der Waals surface area contributed by atoms with Gasteiger partial charge in [-0.1, -0.05) is 109 Å². The average molecular weight is 453 g/mol. The molecule has 1 atom stereocenters. The average Bonchev–Trinajstić information content (AvgIpc) is 2.77. The number of hydrogen-bond donors (Lipinski definition) is 1. The van der Waals surface area contributed by atoms with Crippen molar-refractivity contribution in [1.29, 1.82) is 0 Å². The van der Waals surface area contributed by atoms with Gasteiger partial charge in [0.2, 0.25) is 0 Å². The van der Waals surface area contributed by atoms with Gasteiger partial charge in [-0.25, -0.2) is 0 Å². The second kappa shape index (κ2) is 24.3. The summed E-state index contributed by atoms with van der Waals surface area (Å²) in [4.78, 5) is 22.9. The number of carboxylic acids is 1. The Labute approximate surface area is 198 Å². The molecule has 0 aliphatic carbocycles. The standard InChI is InChI=1S/C28H52O4/c1-3-5-6-7-8-9-10-11-12-13-14-15-16-17-18-19-20-21-22-23-26(25-27(29)30)28(31)32-24-4-2/h15-16,26H,3-14,17-25H2,1-2H3,(H,29,30)/b16-15+. The third-order valence-electron chi connectivity index (χ3n) is 6.02. The first kappa shape index (κ1) is 30.7. The van der Waals surface area contributed by atoms with Gasteiger partial charge in [0.15, 0.2) is 0 Å². The molecule has 0 radical (unpaired) electrons. The summed E-state index contributed by atoms with van der Waals surface area (Å²) in [5.41, 5.74) is 0. The molecule has 0 aliphatic rings. The van der Waals surface area contributed by atoms with Crippen LogP contribution in [0.25, 0.3) is 0 Å². The van der Waals surface area contributed by atoms with Crippen LogP contribution in [0.3, 0.4) is 0 Å². The molecule has 0 aromatic heterocycles. The predicted molar refractivity (Wildman–Crippen MR) is 135 cm³/mol. The highest BCUT2D eigenvalue weighted by molar-refractivity contribution is 5.79. The van der Waals surface area contributed by atoms with Crippen LogP contribution in [-0.4, -0.2) is 23.7 Å². The lowest BCUT2D eigenvalue weighted by molar-refractivity contribution is -0.153. The lowest BCUT2D eigenvalue weighted by Crippen LogP contribution is -2.21. The van der Waals surface area contributed by atoms with Gasteiger partial charge in [0.25, 0.3) is 0 Å².